The molecule has 1 unspecified atom stereocenters. The summed E-state index contributed by atoms with van der Waals surface area (Å²) in [6.45, 7) is 2.20. The van der Waals surface area contributed by atoms with Gasteiger partial charge in [0.2, 0.25) is 5.43 Å². The number of carboxylic acid groups (broad SMARTS) is 1. The van der Waals surface area contributed by atoms with Crippen molar-refractivity contribution in [2.75, 3.05) is 18.1 Å². The molecule has 1 aromatic carbocycles. The third-order valence-electron chi connectivity index (χ3n) is 5.83. The van der Waals surface area contributed by atoms with Gasteiger partial charge in [-0.3, -0.25) is 4.79 Å². The summed E-state index contributed by atoms with van der Waals surface area (Å²) in [6, 6.07) is 0.419. The van der Waals surface area contributed by atoms with E-state index in [9.17, 15) is 24.2 Å². The highest BCUT2D eigenvalue weighted by atomic mass is 19.1. The van der Waals surface area contributed by atoms with Gasteiger partial charge >= 0.3 is 5.97 Å². The predicted molar refractivity (Wildman–Crippen MR) is 100.0 cm³/mol. The van der Waals surface area contributed by atoms with Crippen molar-refractivity contribution in [2.45, 2.75) is 44.7 Å². The van der Waals surface area contributed by atoms with Crippen molar-refractivity contribution >= 4 is 22.6 Å². The molecule has 150 valence electrons. The molecular formula is C20H22F2N2O4. The molecule has 1 aromatic heterocycles. The number of nitrogens with zero attached hydrogens (tertiary/aromatic N) is 2. The number of aromatic nitrogens is 1. The number of aliphatic hydroxyl groups is 1. The first-order chi connectivity index (χ1) is 13.3. The number of rotatable bonds is 4. The van der Waals surface area contributed by atoms with E-state index in [1.54, 1.807) is 0 Å². The lowest BCUT2D eigenvalue weighted by Gasteiger charge is -2.39. The third kappa shape index (κ3) is 2.96. The average Bonchev–Trinajstić information content (AvgIpc) is 3.48. The SMILES string of the molecule is C[C@@H]1CCN(c2c(F)cc3c(=O)c(C(=O)O)cn(C4CC4)c3c2F)C(CO)C1. The van der Waals surface area contributed by atoms with Gasteiger partial charge in [-0.15, -0.1) is 0 Å². The zero-order chi connectivity index (χ0) is 20.2. The van der Waals surface area contributed by atoms with E-state index < -0.39 is 34.6 Å². The number of pyridine rings is 1. The van der Waals surface area contributed by atoms with Crippen molar-refractivity contribution in [3.05, 3.63) is 39.7 Å². The molecule has 0 radical (unpaired) electrons. The number of carboxylic acids is 1. The fourth-order valence-electron chi connectivity index (χ4n) is 4.21. The molecule has 1 aliphatic heterocycles. The molecule has 2 N–H and O–H groups in total. The molecule has 1 saturated carbocycles. The van der Waals surface area contributed by atoms with E-state index >= 15 is 4.39 Å². The zero-order valence-electron chi connectivity index (χ0n) is 15.5. The lowest BCUT2D eigenvalue weighted by Crippen LogP contribution is -2.45. The Morgan fingerprint density at radius 2 is 2.00 bits per heavy atom. The van der Waals surface area contributed by atoms with E-state index in [4.69, 9.17) is 0 Å². The summed E-state index contributed by atoms with van der Waals surface area (Å²) >= 11 is 0. The largest absolute Gasteiger partial charge is 0.477 e. The number of piperidine rings is 1. The summed E-state index contributed by atoms with van der Waals surface area (Å²) in [7, 11) is 0. The van der Waals surface area contributed by atoms with E-state index in [1.165, 1.54) is 9.47 Å². The first-order valence-electron chi connectivity index (χ1n) is 9.51. The Morgan fingerprint density at radius 1 is 1.29 bits per heavy atom. The maximum absolute atomic E-state index is 15.6. The summed E-state index contributed by atoms with van der Waals surface area (Å²) in [5, 5.41) is 18.8. The highest BCUT2D eigenvalue weighted by Gasteiger charge is 2.34. The van der Waals surface area contributed by atoms with Crippen LogP contribution in [0.5, 0.6) is 0 Å². The molecule has 4 rings (SSSR count). The second-order valence-corrected chi connectivity index (χ2v) is 7.89. The maximum Gasteiger partial charge on any atom is 0.341 e. The van der Waals surface area contributed by atoms with E-state index in [-0.39, 0.29) is 29.2 Å². The van der Waals surface area contributed by atoms with Crippen LogP contribution in [0.25, 0.3) is 10.9 Å². The Balaban J connectivity index is 1.98. The third-order valence-corrected chi connectivity index (χ3v) is 5.83. The summed E-state index contributed by atoms with van der Waals surface area (Å²) < 4.78 is 32.0. The zero-order valence-corrected chi connectivity index (χ0v) is 15.5. The van der Waals surface area contributed by atoms with Gasteiger partial charge in [-0.2, -0.15) is 0 Å². The molecular weight excluding hydrogens is 370 g/mol. The standard InChI is InChI=1S/C20H22F2N2O4/c1-10-4-5-23(12(6-10)9-25)18-15(21)7-13-17(16(18)22)24(11-2-3-11)8-14(19(13)26)20(27)28/h7-8,10-12,25H,2-6,9H2,1H3,(H,27,28)/t10-,12?/m1/s1. The molecule has 2 aliphatic rings. The number of anilines is 1. The van der Waals surface area contributed by atoms with Crippen LogP contribution in [-0.4, -0.2) is 39.9 Å². The first-order valence-corrected chi connectivity index (χ1v) is 9.51. The van der Waals surface area contributed by atoms with Gasteiger partial charge in [0.25, 0.3) is 0 Å². The lowest BCUT2D eigenvalue weighted by atomic mass is 9.92. The fraction of sp³-hybridized carbons (Fsp3) is 0.500. The highest BCUT2D eigenvalue weighted by Crippen LogP contribution is 2.40. The van der Waals surface area contributed by atoms with E-state index in [2.05, 4.69) is 0 Å². The number of halogens is 2. The molecule has 8 heteroatoms. The quantitative estimate of drug-likeness (QED) is 0.836. The second-order valence-electron chi connectivity index (χ2n) is 7.89. The molecule has 0 spiro atoms. The van der Waals surface area contributed by atoms with Crippen LogP contribution in [0.4, 0.5) is 14.5 Å². The Hall–Kier alpha value is -2.48. The molecule has 1 saturated heterocycles. The van der Waals surface area contributed by atoms with Gasteiger partial charge in [-0.1, -0.05) is 6.92 Å². The van der Waals surface area contributed by atoms with Crippen LogP contribution in [-0.2, 0) is 0 Å². The lowest BCUT2D eigenvalue weighted by molar-refractivity contribution is 0.0694. The van der Waals surface area contributed by atoms with Gasteiger partial charge in [0.15, 0.2) is 5.82 Å². The van der Waals surface area contributed by atoms with Gasteiger partial charge in [-0.25, -0.2) is 13.6 Å². The summed E-state index contributed by atoms with van der Waals surface area (Å²) in [6.07, 6.45) is 3.99. The predicted octanol–water partition coefficient (Wildman–Crippen LogP) is 2.91. The van der Waals surface area contributed by atoms with Crippen molar-refractivity contribution in [2.24, 2.45) is 5.92 Å². The van der Waals surface area contributed by atoms with Gasteiger partial charge in [0.05, 0.1) is 23.6 Å². The Kier molecular flexibility index (Phi) is 4.61. The molecule has 1 aliphatic carbocycles. The maximum atomic E-state index is 15.6. The summed E-state index contributed by atoms with van der Waals surface area (Å²) in [5.74, 6) is -2.87. The van der Waals surface area contributed by atoms with Crippen LogP contribution in [0.15, 0.2) is 17.1 Å². The second kappa shape index (κ2) is 6.84. The highest BCUT2D eigenvalue weighted by molar-refractivity contribution is 5.94. The van der Waals surface area contributed by atoms with Crippen LogP contribution in [0.2, 0.25) is 0 Å². The number of carbonyl (C=O) groups is 1. The van der Waals surface area contributed by atoms with Crippen molar-refractivity contribution in [3.8, 4) is 0 Å². The Labute approximate surface area is 160 Å². The van der Waals surface area contributed by atoms with Gasteiger partial charge in [0, 0.05) is 18.8 Å². The number of aromatic carboxylic acids is 1. The van der Waals surface area contributed by atoms with E-state index in [0.29, 0.717) is 18.9 Å². The normalized spacial score (nSPS) is 22.6. The number of aliphatic hydroxyl groups excluding tert-OH is 1. The number of fused-ring (bicyclic) bond motifs is 1. The Bertz CT molecular complexity index is 1020. The number of benzene rings is 1. The molecule has 0 bridgehead atoms. The Morgan fingerprint density at radius 3 is 2.61 bits per heavy atom. The van der Waals surface area contributed by atoms with Crippen LogP contribution in [0.3, 0.4) is 0 Å². The first kappa shape index (κ1) is 18.9. The van der Waals surface area contributed by atoms with Crippen molar-refractivity contribution in [3.63, 3.8) is 0 Å². The summed E-state index contributed by atoms with van der Waals surface area (Å²) in [4.78, 5) is 25.5. The molecule has 2 fully saturated rings. The molecule has 28 heavy (non-hydrogen) atoms. The fourth-order valence-corrected chi connectivity index (χ4v) is 4.21. The van der Waals surface area contributed by atoms with Gasteiger partial charge < -0.3 is 19.7 Å². The molecule has 2 heterocycles. The average molecular weight is 392 g/mol. The molecule has 2 atom stereocenters. The van der Waals surface area contributed by atoms with Gasteiger partial charge in [-0.05, 0) is 37.7 Å². The van der Waals surface area contributed by atoms with E-state index in [0.717, 1.165) is 31.5 Å². The smallest absolute Gasteiger partial charge is 0.341 e. The molecule has 0 amide bonds. The van der Waals surface area contributed by atoms with Crippen LogP contribution >= 0.6 is 0 Å². The topological polar surface area (TPSA) is 82.8 Å². The number of hydrogen-bond donors (Lipinski definition) is 2. The minimum Gasteiger partial charge on any atom is -0.477 e. The van der Waals surface area contributed by atoms with Crippen molar-refractivity contribution in [1.82, 2.24) is 4.57 Å². The molecule has 6 nitrogen and oxygen atoms in total. The minimum absolute atomic E-state index is 0.0655. The van der Waals surface area contributed by atoms with Crippen molar-refractivity contribution in [1.29, 1.82) is 0 Å². The minimum atomic E-state index is -1.42. The van der Waals surface area contributed by atoms with Crippen molar-refractivity contribution < 1.29 is 23.8 Å². The number of hydrogen-bond acceptors (Lipinski definition) is 4. The monoisotopic (exact) mass is 392 g/mol. The summed E-state index contributed by atoms with van der Waals surface area (Å²) in [5.41, 5.74) is -1.71. The van der Waals surface area contributed by atoms with Crippen LogP contribution in [0.1, 0.15) is 49.0 Å². The van der Waals surface area contributed by atoms with Crippen LogP contribution in [0, 0.1) is 17.6 Å². The van der Waals surface area contributed by atoms with E-state index in [1.807, 2.05) is 6.92 Å². The van der Waals surface area contributed by atoms with Crippen LogP contribution < -0.4 is 10.3 Å². The molecule has 2 aromatic rings. The van der Waals surface area contributed by atoms with Gasteiger partial charge in [0.1, 0.15) is 17.1 Å².